The van der Waals surface area contributed by atoms with E-state index in [1.807, 2.05) is 66.7 Å². The molecule has 2 aromatic heterocycles. The number of urea groups is 1. The molecule has 6 heteroatoms. The summed E-state index contributed by atoms with van der Waals surface area (Å²) in [4.78, 5) is 17.4. The predicted octanol–water partition coefficient (Wildman–Crippen LogP) is 7.88. The summed E-state index contributed by atoms with van der Waals surface area (Å²) in [5.74, 6) is 0. The molecule has 0 atom stereocenters. The van der Waals surface area contributed by atoms with Gasteiger partial charge in [-0.1, -0.05) is 81.9 Å². The maximum atomic E-state index is 12.6. The molecule has 6 nitrogen and oxygen atoms in total. The van der Waals surface area contributed by atoms with Gasteiger partial charge in [-0.05, 0) is 58.7 Å². The minimum Gasteiger partial charge on any atom is -0.308 e. The number of fused-ring (bicyclic) bond motifs is 1. The van der Waals surface area contributed by atoms with E-state index in [9.17, 15) is 4.79 Å². The summed E-state index contributed by atoms with van der Waals surface area (Å²) in [7, 11) is 0. The fraction of sp³-hybridized carbons (Fsp3) is 0.129. The minimum atomic E-state index is -0.301. The summed E-state index contributed by atoms with van der Waals surface area (Å²) in [6.07, 6.45) is 1.75. The summed E-state index contributed by atoms with van der Waals surface area (Å²) < 4.78 is 0. The maximum absolute atomic E-state index is 12.6. The van der Waals surface area contributed by atoms with Crippen molar-refractivity contribution in [3.8, 4) is 22.3 Å². The maximum Gasteiger partial charge on any atom is 0.323 e. The smallest absolute Gasteiger partial charge is 0.308 e. The standard InChI is InChI=1S/C31H29N5O/c1-5-26-28-25(19-27(31(2,3)4)34-29(28)36-35-26)22-13-17-24(18-14-22)33-30(37)32-23-15-11-21(12-16-23)20-9-7-6-8-10-20/h5-19H,1H2,2-4H3,(H2,32,33,37)(H,34,35,36). The van der Waals surface area contributed by atoms with Gasteiger partial charge in [0.25, 0.3) is 0 Å². The summed E-state index contributed by atoms with van der Waals surface area (Å²) in [6.45, 7) is 10.3. The Morgan fingerprint density at radius 3 is 1.97 bits per heavy atom. The highest BCUT2D eigenvalue weighted by atomic mass is 16.2. The molecule has 0 fully saturated rings. The Morgan fingerprint density at radius 1 is 0.838 bits per heavy atom. The summed E-state index contributed by atoms with van der Waals surface area (Å²) in [5.41, 5.74) is 7.99. The van der Waals surface area contributed by atoms with Gasteiger partial charge in [-0.2, -0.15) is 5.10 Å². The van der Waals surface area contributed by atoms with Crippen LogP contribution in [0.1, 0.15) is 32.2 Å². The van der Waals surface area contributed by atoms with Crippen molar-refractivity contribution < 1.29 is 4.79 Å². The topological polar surface area (TPSA) is 82.7 Å². The second-order valence-electron chi connectivity index (χ2n) is 9.94. The van der Waals surface area contributed by atoms with Crippen molar-refractivity contribution in [2.45, 2.75) is 26.2 Å². The summed E-state index contributed by atoms with van der Waals surface area (Å²) in [6, 6.07) is 27.5. The van der Waals surface area contributed by atoms with Crippen molar-refractivity contribution in [1.29, 1.82) is 0 Å². The molecule has 0 aliphatic heterocycles. The molecule has 184 valence electrons. The monoisotopic (exact) mass is 487 g/mol. The van der Waals surface area contributed by atoms with E-state index in [1.165, 1.54) is 0 Å². The highest BCUT2D eigenvalue weighted by Crippen LogP contribution is 2.34. The average molecular weight is 488 g/mol. The Bertz CT molecular complexity index is 1560. The molecule has 0 spiro atoms. The van der Waals surface area contributed by atoms with E-state index in [1.54, 1.807) is 6.08 Å². The second kappa shape index (κ2) is 9.74. The first kappa shape index (κ1) is 24.0. The van der Waals surface area contributed by atoms with Crippen molar-refractivity contribution in [2.75, 3.05) is 10.6 Å². The number of aromatic nitrogens is 3. The van der Waals surface area contributed by atoms with Crippen LogP contribution in [0.2, 0.25) is 0 Å². The molecule has 0 saturated carbocycles. The lowest BCUT2D eigenvalue weighted by Crippen LogP contribution is -2.19. The van der Waals surface area contributed by atoms with E-state index in [0.29, 0.717) is 11.3 Å². The number of pyridine rings is 1. The highest BCUT2D eigenvalue weighted by molar-refractivity contribution is 6.01. The van der Waals surface area contributed by atoms with Crippen LogP contribution in [0, 0.1) is 0 Å². The fourth-order valence-electron chi connectivity index (χ4n) is 4.21. The van der Waals surface area contributed by atoms with Crippen LogP contribution in [-0.4, -0.2) is 21.2 Å². The Balaban J connectivity index is 1.33. The quantitative estimate of drug-likeness (QED) is 0.236. The van der Waals surface area contributed by atoms with Crippen molar-refractivity contribution in [3.05, 3.63) is 103 Å². The third-order valence-electron chi connectivity index (χ3n) is 6.23. The zero-order chi connectivity index (χ0) is 26.0. The normalized spacial score (nSPS) is 11.3. The fourth-order valence-corrected chi connectivity index (χ4v) is 4.21. The zero-order valence-corrected chi connectivity index (χ0v) is 21.2. The first-order chi connectivity index (χ1) is 17.8. The Hall–Kier alpha value is -4.71. The van der Waals surface area contributed by atoms with Crippen LogP contribution in [0.3, 0.4) is 0 Å². The molecule has 0 aliphatic carbocycles. The van der Waals surface area contributed by atoms with Crippen LogP contribution in [-0.2, 0) is 5.41 Å². The molecule has 0 saturated heterocycles. The lowest BCUT2D eigenvalue weighted by Gasteiger charge is -2.19. The van der Waals surface area contributed by atoms with Gasteiger partial charge < -0.3 is 10.6 Å². The van der Waals surface area contributed by atoms with Crippen LogP contribution < -0.4 is 10.6 Å². The van der Waals surface area contributed by atoms with Gasteiger partial charge in [-0.15, -0.1) is 0 Å². The molecule has 5 rings (SSSR count). The van der Waals surface area contributed by atoms with Crippen LogP contribution in [0.15, 0.2) is 91.5 Å². The Morgan fingerprint density at radius 2 is 1.41 bits per heavy atom. The van der Waals surface area contributed by atoms with E-state index in [-0.39, 0.29) is 11.4 Å². The van der Waals surface area contributed by atoms with Gasteiger partial charge in [0.15, 0.2) is 5.65 Å². The van der Waals surface area contributed by atoms with Gasteiger partial charge >= 0.3 is 6.03 Å². The molecular formula is C31H29N5O. The van der Waals surface area contributed by atoms with E-state index in [2.05, 4.69) is 66.4 Å². The average Bonchev–Trinajstić information content (AvgIpc) is 3.32. The molecule has 2 amide bonds. The molecule has 0 aliphatic rings. The van der Waals surface area contributed by atoms with Crippen LogP contribution in [0.5, 0.6) is 0 Å². The zero-order valence-electron chi connectivity index (χ0n) is 21.2. The predicted molar refractivity (Wildman–Crippen MR) is 153 cm³/mol. The van der Waals surface area contributed by atoms with Gasteiger partial charge in [0.2, 0.25) is 0 Å². The van der Waals surface area contributed by atoms with Crippen LogP contribution in [0.4, 0.5) is 16.2 Å². The van der Waals surface area contributed by atoms with Crippen molar-refractivity contribution in [2.24, 2.45) is 0 Å². The van der Waals surface area contributed by atoms with Gasteiger partial charge in [0, 0.05) is 22.5 Å². The molecule has 3 aromatic carbocycles. The Labute approximate surface area is 216 Å². The van der Waals surface area contributed by atoms with E-state index in [4.69, 9.17) is 4.98 Å². The molecule has 0 bridgehead atoms. The van der Waals surface area contributed by atoms with Gasteiger partial charge in [-0.25, -0.2) is 9.78 Å². The van der Waals surface area contributed by atoms with Gasteiger partial charge in [0.05, 0.1) is 11.1 Å². The molecule has 2 heterocycles. The number of rotatable bonds is 5. The number of hydrogen-bond acceptors (Lipinski definition) is 3. The lowest BCUT2D eigenvalue weighted by molar-refractivity contribution is 0.262. The number of nitrogens with zero attached hydrogens (tertiary/aromatic N) is 2. The molecule has 0 radical (unpaired) electrons. The lowest BCUT2D eigenvalue weighted by atomic mass is 9.89. The third-order valence-corrected chi connectivity index (χ3v) is 6.23. The molecular weight excluding hydrogens is 458 g/mol. The number of benzene rings is 3. The molecule has 37 heavy (non-hydrogen) atoms. The van der Waals surface area contributed by atoms with Crippen molar-refractivity contribution in [3.63, 3.8) is 0 Å². The van der Waals surface area contributed by atoms with Crippen LogP contribution in [0.25, 0.3) is 39.4 Å². The van der Waals surface area contributed by atoms with E-state index < -0.39 is 0 Å². The number of carbonyl (C=O) groups excluding carboxylic acids is 1. The minimum absolute atomic E-state index is 0.130. The molecule has 0 unspecified atom stereocenters. The number of aromatic amines is 1. The first-order valence-electron chi connectivity index (χ1n) is 12.2. The number of anilines is 2. The van der Waals surface area contributed by atoms with Crippen LogP contribution >= 0.6 is 0 Å². The second-order valence-corrected chi connectivity index (χ2v) is 9.94. The van der Waals surface area contributed by atoms with E-state index >= 15 is 0 Å². The summed E-state index contributed by atoms with van der Waals surface area (Å²) >= 11 is 0. The SMILES string of the molecule is C=Cc1[nH]nc2nc(C(C)(C)C)cc(-c3ccc(NC(=O)Nc4ccc(-c5ccccc5)cc4)cc3)c12. The third kappa shape index (κ3) is 5.14. The van der Waals surface area contributed by atoms with Gasteiger partial charge in [0.1, 0.15) is 0 Å². The van der Waals surface area contributed by atoms with Gasteiger partial charge in [-0.3, -0.25) is 5.10 Å². The number of hydrogen-bond donors (Lipinski definition) is 3. The molecule has 5 aromatic rings. The van der Waals surface area contributed by atoms with Crippen molar-refractivity contribution >= 4 is 34.5 Å². The largest absolute Gasteiger partial charge is 0.323 e. The first-order valence-corrected chi connectivity index (χ1v) is 12.2. The Kier molecular flexibility index (Phi) is 6.32. The number of carbonyl (C=O) groups is 1. The number of amides is 2. The number of H-pyrrole nitrogens is 1. The number of nitrogens with one attached hydrogen (secondary N) is 3. The van der Waals surface area contributed by atoms with Crippen molar-refractivity contribution in [1.82, 2.24) is 15.2 Å². The highest BCUT2D eigenvalue weighted by Gasteiger charge is 2.21. The summed E-state index contributed by atoms with van der Waals surface area (Å²) in [5, 5.41) is 14.2. The molecule has 3 N–H and O–H groups in total. The van der Waals surface area contributed by atoms with E-state index in [0.717, 1.165) is 44.7 Å².